The van der Waals surface area contributed by atoms with Crippen LogP contribution in [0, 0.1) is 0 Å². The summed E-state index contributed by atoms with van der Waals surface area (Å²) < 4.78 is 63.7. The Bertz CT molecular complexity index is 720. The van der Waals surface area contributed by atoms with Crippen LogP contribution in [0.2, 0.25) is 0 Å². The lowest BCUT2D eigenvalue weighted by molar-refractivity contribution is -0.121. The summed E-state index contributed by atoms with van der Waals surface area (Å²) >= 11 is 1.19. The van der Waals surface area contributed by atoms with Gasteiger partial charge in [0, 0.05) is 18.1 Å². The van der Waals surface area contributed by atoms with Crippen LogP contribution in [0.4, 0.5) is 19.0 Å². The lowest BCUT2D eigenvalue weighted by atomic mass is 10.5. The minimum atomic E-state index is -4.62. The molecule has 2 aromatic rings. The summed E-state index contributed by atoms with van der Waals surface area (Å²) in [5, 5.41) is 4.11. The van der Waals surface area contributed by atoms with Gasteiger partial charge in [-0.25, -0.2) is 18.1 Å². The van der Waals surface area contributed by atoms with Gasteiger partial charge < -0.3 is 5.32 Å². The number of nitrogens with zero attached hydrogens (tertiary/aromatic N) is 2. The molecule has 6 nitrogen and oxygen atoms in total. The van der Waals surface area contributed by atoms with Crippen LogP contribution in [0.25, 0.3) is 4.96 Å². The molecule has 2 N–H and O–H groups in total. The van der Waals surface area contributed by atoms with Crippen molar-refractivity contribution in [1.82, 2.24) is 14.1 Å². The topological polar surface area (TPSA) is 75.5 Å². The Morgan fingerprint density at radius 3 is 2.76 bits per heavy atom. The summed E-state index contributed by atoms with van der Waals surface area (Å²) in [6.07, 6.45) is -2.45. The van der Waals surface area contributed by atoms with Crippen molar-refractivity contribution in [3.8, 4) is 0 Å². The first-order chi connectivity index (χ1) is 9.74. The number of halogens is 3. The summed E-state index contributed by atoms with van der Waals surface area (Å²) in [6, 6.07) is 0. The van der Waals surface area contributed by atoms with E-state index >= 15 is 0 Å². The maximum absolute atomic E-state index is 12.2. The van der Waals surface area contributed by atoms with E-state index in [0.717, 1.165) is 6.42 Å². The summed E-state index contributed by atoms with van der Waals surface area (Å²) in [6.45, 7) is 0.716. The number of alkyl halides is 3. The molecule has 2 heterocycles. The summed E-state index contributed by atoms with van der Waals surface area (Å²) in [7, 11) is -4.33. The van der Waals surface area contributed by atoms with Crippen molar-refractivity contribution in [1.29, 1.82) is 0 Å². The summed E-state index contributed by atoms with van der Waals surface area (Å²) in [5.74, 6) is 0.0541. The number of aromatic nitrogens is 2. The highest BCUT2D eigenvalue weighted by Crippen LogP contribution is 2.26. The van der Waals surface area contributed by atoms with Gasteiger partial charge in [-0.2, -0.15) is 13.2 Å². The van der Waals surface area contributed by atoms with Crippen LogP contribution in [0.1, 0.15) is 13.3 Å². The van der Waals surface area contributed by atoms with Gasteiger partial charge in [0.1, 0.15) is 6.54 Å². The fourth-order valence-corrected chi connectivity index (χ4v) is 3.67. The number of anilines is 1. The number of nitrogens with one attached hydrogen (secondary N) is 2. The van der Waals surface area contributed by atoms with E-state index in [9.17, 15) is 21.6 Å². The lowest BCUT2D eigenvalue weighted by Gasteiger charge is -2.10. The first-order valence-corrected chi connectivity index (χ1v) is 8.36. The molecule has 0 atom stereocenters. The minimum absolute atomic E-state index is 0.0541. The van der Waals surface area contributed by atoms with Crippen molar-refractivity contribution in [3.05, 3.63) is 11.6 Å². The zero-order valence-electron chi connectivity index (χ0n) is 10.9. The first-order valence-electron chi connectivity index (χ1n) is 6.00. The Balaban J connectivity index is 2.40. The van der Waals surface area contributed by atoms with E-state index in [1.165, 1.54) is 21.9 Å². The predicted octanol–water partition coefficient (Wildman–Crippen LogP) is 2.06. The van der Waals surface area contributed by atoms with Gasteiger partial charge in [-0.05, 0) is 6.42 Å². The van der Waals surface area contributed by atoms with Gasteiger partial charge >= 0.3 is 6.18 Å². The second kappa shape index (κ2) is 5.81. The molecule has 0 radical (unpaired) electrons. The SMILES string of the molecule is CCCNc1nc2sccn2c1S(=O)(=O)NCC(F)(F)F. The quantitative estimate of drug-likeness (QED) is 0.843. The van der Waals surface area contributed by atoms with Gasteiger partial charge in [-0.15, -0.1) is 11.3 Å². The Morgan fingerprint density at radius 2 is 2.14 bits per heavy atom. The molecule has 0 spiro atoms. The third-order valence-corrected chi connectivity index (χ3v) is 4.66. The van der Waals surface area contributed by atoms with Gasteiger partial charge in [0.2, 0.25) is 0 Å². The Labute approximate surface area is 123 Å². The molecule has 0 saturated carbocycles. The first kappa shape index (κ1) is 16.0. The van der Waals surface area contributed by atoms with Gasteiger partial charge in [0.25, 0.3) is 10.0 Å². The molecule has 0 fully saturated rings. The lowest BCUT2D eigenvalue weighted by Crippen LogP contribution is -2.34. The molecule has 0 aliphatic heterocycles. The van der Waals surface area contributed by atoms with Crippen LogP contribution < -0.4 is 10.0 Å². The van der Waals surface area contributed by atoms with Crippen LogP contribution in [-0.4, -0.2) is 37.1 Å². The maximum Gasteiger partial charge on any atom is 0.402 e. The Morgan fingerprint density at radius 1 is 1.43 bits per heavy atom. The maximum atomic E-state index is 12.2. The van der Waals surface area contributed by atoms with E-state index in [-0.39, 0.29) is 10.8 Å². The molecule has 118 valence electrons. The van der Waals surface area contributed by atoms with E-state index in [2.05, 4.69) is 10.3 Å². The Kier molecular flexibility index (Phi) is 4.44. The molecule has 0 aliphatic rings. The number of rotatable bonds is 6. The van der Waals surface area contributed by atoms with Gasteiger partial charge in [0.15, 0.2) is 15.8 Å². The van der Waals surface area contributed by atoms with Crippen LogP contribution >= 0.6 is 11.3 Å². The minimum Gasteiger partial charge on any atom is -0.368 e. The molecular weight excluding hydrogens is 329 g/mol. The van der Waals surface area contributed by atoms with Gasteiger partial charge in [0.05, 0.1) is 0 Å². The second-order valence-electron chi connectivity index (χ2n) is 4.19. The Hall–Kier alpha value is -1.33. The van der Waals surface area contributed by atoms with Gasteiger partial charge in [-0.3, -0.25) is 4.40 Å². The van der Waals surface area contributed by atoms with Gasteiger partial charge in [-0.1, -0.05) is 6.92 Å². The van der Waals surface area contributed by atoms with Crippen LogP contribution in [-0.2, 0) is 10.0 Å². The van der Waals surface area contributed by atoms with Crippen molar-refractivity contribution in [2.24, 2.45) is 0 Å². The molecule has 0 bridgehead atoms. The van der Waals surface area contributed by atoms with Crippen molar-refractivity contribution < 1.29 is 21.6 Å². The number of thiazole rings is 1. The van der Waals surface area contributed by atoms with E-state index in [0.29, 0.717) is 11.5 Å². The molecule has 0 amide bonds. The van der Waals surface area contributed by atoms with Crippen molar-refractivity contribution >= 4 is 32.1 Å². The van der Waals surface area contributed by atoms with Crippen LogP contribution in [0.3, 0.4) is 0 Å². The average Bonchev–Trinajstić information content (AvgIpc) is 2.92. The molecule has 0 unspecified atom stereocenters. The highest BCUT2D eigenvalue weighted by molar-refractivity contribution is 7.89. The molecule has 11 heteroatoms. The number of hydrogen-bond donors (Lipinski definition) is 2. The zero-order valence-corrected chi connectivity index (χ0v) is 12.6. The molecule has 2 aromatic heterocycles. The van der Waals surface area contributed by atoms with Crippen molar-refractivity contribution in [3.63, 3.8) is 0 Å². The van der Waals surface area contributed by atoms with Crippen LogP contribution in [0.5, 0.6) is 0 Å². The highest BCUT2D eigenvalue weighted by Gasteiger charge is 2.33. The number of sulfonamides is 1. The fourth-order valence-electron chi connectivity index (χ4n) is 1.63. The summed E-state index contributed by atoms with van der Waals surface area (Å²) in [5.41, 5.74) is 0. The number of fused-ring (bicyclic) bond motifs is 1. The van der Waals surface area contributed by atoms with E-state index in [4.69, 9.17) is 0 Å². The van der Waals surface area contributed by atoms with E-state index in [1.807, 2.05) is 6.92 Å². The molecule has 0 aromatic carbocycles. The monoisotopic (exact) mass is 342 g/mol. The predicted molar refractivity (Wildman–Crippen MR) is 73.1 cm³/mol. The van der Waals surface area contributed by atoms with E-state index in [1.54, 1.807) is 10.1 Å². The molecular formula is C10H13F3N4O2S2. The normalized spacial score (nSPS) is 13.0. The molecule has 21 heavy (non-hydrogen) atoms. The largest absolute Gasteiger partial charge is 0.402 e. The summed E-state index contributed by atoms with van der Waals surface area (Å²) in [4.78, 5) is 4.48. The molecule has 0 aliphatic carbocycles. The van der Waals surface area contributed by atoms with E-state index < -0.39 is 22.7 Å². The average molecular weight is 342 g/mol. The third kappa shape index (κ3) is 3.66. The molecule has 2 rings (SSSR count). The number of imidazole rings is 1. The smallest absolute Gasteiger partial charge is 0.368 e. The second-order valence-corrected chi connectivity index (χ2v) is 6.74. The number of hydrogen-bond acceptors (Lipinski definition) is 5. The third-order valence-electron chi connectivity index (χ3n) is 2.48. The molecule has 0 saturated heterocycles. The highest BCUT2D eigenvalue weighted by atomic mass is 32.2. The standard InChI is InChI=1S/C10H13F3N4O2S2/c1-2-3-14-7-8(17-4-5-20-9(17)16-7)21(18,19)15-6-10(11,12)13/h4-5,14-15H,2-3,6H2,1H3. The van der Waals surface area contributed by atoms with Crippen LogP contribution in [0.15, 0.2) is 16.6 Å². The van der Waals surface area contributed by atoms with Crippen molar-refractivity contribution in [2.45, 2.75) is 24.5 Å². The fraction of sp³-hybridized carbons (Fsp3) is 0.500. The zero-order chi connectivity index (χ0) is 15.7. The van der Waals surface area contributed by atoms with Crippen molar-refractivity contribution in [2.75, 3.05) is 18.4 Å².